The van der Waals surface area contributed by atoms with Crippen LogP contribution < -0.4 is 14.0 Å². The van der Waals surface area contributed by atoms with Crippen molar-refractivity contribution in [3.8, 4) is 11.9 Å². The van der Waals surface area contributed by atoms with Crippen molar-refractivity contribution < 1.29 is 31.3 Å². The summed E-state index contributed by atoms with van der Waals surface area (Å²) in [6.45, 7) is 2.86. The van der Waals surface area contributed by atoms with Crippen molar-refractivity contribution in [2.75, 3.05) is 14.2 Å². The average molecular weight is 256 g/mol. The first-order valence-electron chi connectivity index (χ1n) is 4.67. The van der Waals surface area contributed by atoms with Gasteiger partial charge in [-0.1, -0.05) is 0 Å². The zero-order chi connectivity index (χ0) is 13.5. The van der Waals surface area contributed by atoms with E-state index < -0.39 is 7.25 Å². The van der Waals surface area contributed by atoms with Gasteiger partial charge in [-0.15, -0.1) is 0 Å². The highest BCUT2D eigenvalue weighted by Gasteiger charge is 2.20. The van der Waals surface area contributed by atoms with Crippen LogP contribution in [0.1, 0.15) is 6.92 Å². The Labute approximate surface area is 96.3 Å². The third kappa shape index (κ3) is 7.37. The molecule has 9 heteroatoms. The van der Waals surface area contributed by atoms with E-state index in [0.29, 0.717) is 11.9 Å². The lowest BCUT2D eigenvalue weighted by atomic mass is 10.3. The molecular weight excluding hydrogens is 243 g/mol. The first kappa shape index (κ1) is 15.5. The molecule has 98 valence electrons. The van der Waals surface area contributed by atoms with Crippen molar-refractivity contribution in [3.63, 3.8) is 0 Å². The number of aryl methyl sites for hydroxylation is 1. The molecule has 0 saturated carbocycles. The Balaban J connectivity index is 0.000000437. The van der Waals surface area contributed by atoms with Gasteiger partial charge in [0, 0.05) is 4.98 Å². The van der Waals surface area contributed by atoms with Gasteiger partial charge in [0.25, 0.3) is 0 Å². The van der Waals surface area contributed by atoms with Crippen LogP contribution in [0, 0.1) is 0 Å². The Morgan fingerprint density at radius 3 is 2.12 bits per heavy atom. The lowest BCUT2D eigenvalue weighted by molar-refractivity contribution is -0.701. The molecule has 0 aliphatic rings. The molecule has 17 heavy (non-hydrogen) atoms. The van der Waals surface area contributed by atoms with Gasteiger partial charge < -0.3 is 26.7 Å². The molecule has 0 bridgehead atoms. The van der Waals surface area contributed by atoms with Crippen LogP contribution in [-0.4, -0.2) is 26.5 Å². The van der Waals surface area contributed by atoms with Gasteiger partial charge in [-0.25, -0.2) is 0 Å². The number of nitrogens with zero attached hydrogens (tertiary/aromatic N) is 2. The predicted octanol–water partition coefficient (Wildman–Crippen LogP) is 1.71. The quantitative estimate of drug-likeness (QED) is 0.469. The van der Waals surface area contributed by atoms with Crippen LogP contribution in [0.3, 0.4) is 0 Å². The molecule has 0 saturated heterocycles. The highest BCUT2D eigenvalue weighted by atomic mass is 19.5. The molecule has 0 radical (unpaired) electrons. The maximum Gasteiger partial charge on any atom is 0.673 e. The second kappa shape index (κ2) is 6.92. The minimum Gasteiger partial charge on any atom is -0.463 e. The van der Waals surface area contributed by atoms with Crippen molar-refractivity contribution in [3.05, 3.63) is 12.3 Å². The summed E-state index contributed by atoms with van der Waals surface area (Å²) in [6.07, 6.45) is 1.88. The maximum absolute atomic E-state index is 9.75. The van der Waals surface area contributed by atoms with E-state index in [1.54, 1.807) is 20.3 Å². The molecule has 0 unspecified atom stereocenters. The molecule has 1 heterocycles. The molecule has 0 aliphatic heterocycles. The number of ether oxygens (including phenoxy) is 2. The number of hydrogen-bond acceptors (Lipinski definition) is 3. The third-order valence-electron chi connectivity index (χ3n) is 1.58. The van der Waals surface area contributed by atoms with Crippen molar-refractivity contribution in [1.29, 1.82) is 0 Å². The summed E-state index contributed by atoms with van der Waals surface area (Å²) in [5, 5.41) is 0. The second-order valence-electron chi connectivity index (χ2n) is 2.74. The molecule has 0 N–H and O–H groups in total. The van der Waals surface area contributed by atoms with Gasteiger partial charge in [0.1, 0.15) is 6.20 Å². The number of aromatic nitrogens is 2. The Bertz CT molecular complexity index is 343. The number of hydrogen-bond donors (Lipinski definition) is 0. The first-order valence-corrected chi connectivity index (χ1v) is 4.67. The minimum atomic E-state index is -6.00. The SMILES string of the molecule is CC[n+]1ccc(OC)nc1OC.F[B-](F)(F)F. The monoisotopic (exact) mass is 256 g/mol. The van der Waals surface area contributed by atoms with Crippen LogP contribution in [0.25, 0.3) is 0 Å². The summed E-state index contributed by atoms with van der Waals surface area (Å²) in [6, 6.07) is 2.36. The molecule has 0 aliphatic carbocycles. The van der Waals surface area contributed by atoms with E-state index in [1.165, 1.54) is 0 Å². The van der Waals surface area contributed by atoms with Gasteiger partial charge in [-0.3, -0.25) is 0 Å². The van der Waals surface area contributed by atoms with Crippen LogP contribution in [-0.2, 0) is 6.54 Å². The van der Waals surface area contributed by atoms with Crippen molar-refractivity contribution in [1.82, 2.24) is 4.98 Å². The number of rotatable bonds is 3. The van der Waals surface area contributed by atoms with E-state index in [0.717, 1.165) is 6.54 Å². The van der Waals surface area contributed by atoms with Crippen LogP contribution in [0.15, 0.2) is 12.3 Å². The second-order valence-corrected chi connectivity index (χ2v) is 2.74. The molecule has 4 nitrogen and oxygen atoms in total. The Kier molecular flexibility index (Phi) is 6.30. The molecular formula is C8H13BF4N2O2. The molecule has 1 aromatic heterocycles. The Morgan fingerprint density at radius 2 is 1.76 bits per heavy atom. The number of methoxy groups -OCH3 is 2. The van der Waals surface area contributed by atoms with Crippen LogP contribution in [0.2, 0.25) is 0 Å². The smallest absolute Gasteiger partial charge is 0.463 e. The molecule has 0 spiro atoms. The fourth-order valence-corrected chi connectivity index (χ4v) is 0.931. The van der Waals surface area contributed by atoms with Gasteiger partial charge in [0.2, 0.25) is 0 Å². The van der Waals surface area contributed by atoms with Crippen molar-refractivity contribution in [2.24, 2.45) is 0 Å². The Morgan fingerprint density at radius 1 is 1.24 bits per heavy atom. The highest BCUT2D eigenvalue weighted by Crippen LogP contribution is 2.07. The summed E-state index contributed by atoms with van der Waals surface area (Å²) in [5.74, 6) is 0.566. The van der Waals surface area contributed by atoms with E-state index in [2.05, 4.69) is 4.98 Å². The van der Waals surface area contributed by atoms with E-state index in [9.17, 15) is 17.3 Å². The van der Waals surface area contributed by atoms with Gasteiger partial charge >= 0.3 is 19.1 Å². The average Bonchev–Trinajstić information content (AvgIpc) is 2.25. The fourth-order valence-electron chi connectivity index (χ4n) is 0.931. The normalized spacial score (nSPS) is 10.3. The fraction of sp³-hybridized carbons (Fsp3) is 0.500. The summed E-state index contributed by atoms with van der Waals surface area (Å²) in [5.41, 5.74) is 0. The van der Waals surface area contributed by atoms with Crippen LogP contribution in [0.5, 0.6) is 11.9 Å². The summed E-state index contributed by atoms with van der Waals surface area (Å²) in [7, 11) is -2.83. The lowest BCUT2D eigenvalue weighted by Gasteiger charge is -1.99. The van der Waals surface area contributed by atoms with Gasteiger partial charge in [0.15, 0.2) is 0 Å². The minimum absolute atomic E-state index is 0.566. The molecule has 1 aromatic rings. The van der Waals surface area contributed by atoms with Gasteiger partial charge in [-0.2, -0.15) is 4.57 Å². The topological polar surface area (TPSA) is 35.2 Å². The van der Waals surface area contributed by atoms with Crippen molar-refractivity contribution >= 4 is 7.25 Å². The Hall–Kier alpha value is -1.54. The molecule has 0 aromatic carbocycles. The standard InChI is InChI=1S/C8H13N2O2.BF4/c1-4-10-6-5-7(11-2)9-8(10)12-3;2-1(3,4)5/h5-6H,4H2,1-3H3;/q+1;-1. The highest BCUT2D eigenvalue weighted by molar-refractivity contribution is 6.50. The van der Waals surface area contributed by atoms with Crippen LogP contribution in [0.4, 0.5) is 17.3 Å². The molecule has 0 atom stereocenters. The largest absolute Gasteiger partial charge is 0.673 e. The summed E-state index contributed by atoms with van der Waals surface area (Å²) >= 11 is 0. The van der Waals surface area contributed by atoms with E-state index in [1.807, 2.05) is 17.7 Å². The molecule has 0 amide bonds. The van der Waals surface area contributed by atoms with Crippen molar-refractivity contribution in [2.45, 2.75) is 13.5 Å². The maximum atomic E-state index is 9.75. The third-order valence-corrected chi connectivity index (χ3v) is 1.58. The zero-order valence-electron chi connectivity index (χ0n) is 9.66. The lowest BCUT2D eigenvalue weighted by Crippen LogP contribution is -2.34. The zero-order valence-corrected chi connectivity index (χ0v) is 9.66. The van der Waals surface area contributed by atoms with E-state index in [-0.39, 0.29) is 0 Å². The summed E-state index contributed by atoms with van der Waals surface area (Å²) < 4.78 is 50.9. The number of halogens is 4. The van der Waals surface area contributed by atoms with E-state index in [4.69, 9.17) is 9.47 Å². The molecule has 1 rings (SSSR count). The molecule has 0 fully saturated rings. The van der Waals surface area contributed by atoms with Gasteiger partial charge in [-0.05, 0) is 6.92 Å². The predicted molar refractivity (Wildman–Crippen MR) is 53.4 cm³/mol. The van der Waals surface area contributed by atoms with Crippen LogP contribution >= 0.6 is 0 Å². The van der Waals surface area contributed by atoms with Gasteiger partial charge in [0.05, 0.1) is 26.8 Å². The first-order chi connectivity index (χ1) is 7.81. The van der Waals surface area contributed by atoms with E-state index >= 15 is 0 Å². The summed E-state index contributed by atoms with van der Waals surface area (Å²) in [4.78, 5) is 4.10.